The first-order valence-electron chi connectivity index (χ1n) is 6.45. The van der Waals surface area contributed by atoms with Crippen LogP contribution in [-0.2, 0) is 0 Å². The molecule has 4 nitrogen and oxygen atoms in total. The Balaban J connectivity index is 1.63. The minimum Gasteiger partial charge on any atom is -0.360 e. The first-order chi connectivity index (χ1) is 10.7. The Kier molecular flexibility index (Phi) is 3.52. The van der Waals surface area contributed by atoms with Gasteiger partial charge < -0.3 is 14.2 Å². The Hall–Kier alpha value is -1.63. The van der Waals surface area contributed by atoms with E-state index < -0.39 is 0 Å². The number of benzene rings is 2. The number of hydrogen-bond acceptors (Lipinski definition) is 4. The SMILES string of the molecule is Clc1ccc2c(SNc3noc4cc(Br)ccc34)c[nH]c2c1. The van der Waals surface area contributed by atoms with Crippen LogP contribution in [0.5, 0.6) is 0 Å². The molecule has 2 aromatic heterocycles. The second-order valence-corrected chi connectivity index (χ2v) is 6.92. The highest BCUT2D eigenvalue weighted by atomic mass is 79.9. The van der Waals surface area contributed by atoms with Gasteiger partial charge in [-0.3, -0.25) is 0 Å². The Morgan fingerprint density at radius 1 is 1.18 bits per heavy atom. The summed E-state index contributed by atoms with van der Waals surface area (Å²) in [6.07, 6.45) is 1.94. The average molecular weight is 395 g/mol. The van der Waals surface area contributed by atoms with Crippen LogP contribution >= 0.6 is 39.5 Å². The van der Waals surface area contributed by atoms with Gasteiger partial charge >= 0.3 is 0 Å². The number of aromatic amines is 1. The van der Waals surface area contributed by atoms with Crippen LogP contribution in [0, 0.1) is 0 Å². The van der Waals surface area contributed by atoms with E-state index in [4.69, 9.17) is 16.1 Å². The molecule has 4 rings (SSSR count). The summed E-state index contributed by atoms with van der Waals surface area (Å²) in [5, 5.41) is 6.84. The summed E-state index contributed by atoms with van der Waals surface area (Å²) in [5.74, 6) is 0.704. The van der Waals surface area contributed by atoms with Gasteiger partial charge in [0.1, 0.15) is 0 Å². The van der Waals surface area contributed by atoms with Crippen molar-refractivity contribution < 1.29 is 4.52 Å². The van der Waals surface area contributed by atoms with Crippen molar-refractivity contribution in [1.82, 2.24) is 10.1 Å². The van der Waals surface area contributed by atoms with Crippen molar-refractivity contribution in [3.05, 3.63) is 52.1 Å². The summed E-state index contributed by atoms with van der Waals surface area (Å²) in [5.41, 5.74) is 1.74. The first kappa shape index (κ1) is 14.0. The van der Waals surface area contributed by atoms with Gasteiger partial charge in [-0.1, -0.05) is 38.8 Å². The molecule has 2 N–H and O–H groups in total. The highest BCUT2D eigenvalue weighted by molar-refractivity contribution is 9.10. The summed E-state index contributed by atoms with van der Waals surface area (Å²) in [4.78, 5) is 4.28. The molecule has 0 fully saturated rings. The van der Waals surface area contributed by atoms with Gasteiger partial charge in [0.25, 0.3) is 0 Å². The molecule has 4 aromatic rings. The fraction of sp³-hybridized carbons (Fsp3) is 0. The van der Waals surface area contributed by atoms with Crippen molar-refractivity contribution in [1.29, 1.82) is 0 Å². The summed E-state index contributed by atoms with van der Waals surface area (Å²) < 4.78 is 9.52. The van der Waals surface area contributed by atoms with Crippen LogP contribution in [0.1, 0.15) is 0 Å². The molecule has 0 aliphatic heterocycles. The zero-order valence-electron chi connectivity index (χ0n) is 11.1. The minimum absolute atomic E-state index is 0.704. The summed E-state index contributed by atoms with van der Waals surface area (Å²) in [6, 6.07) is 11.6. The van der Waals surface area contributed by atoms with E-state index in [0.29, 0.717) is 10.8 Å². The monoisotopic (exact) mass is 393 g/mol. The molecule has 110 valence electrons. The number of rotatable bonds is 3. The van der Waals surface area contributed by atoms with Gasteiger partial charge in [-0.05, 0) is 42.3 Å². The quantitative estimate of drug-likeness (QED) is 0.428. The molecule has 0 atom stereocenters. The Bertz CT molecular complexity index is 901. The van der Waals surface area contributed by atoms with E-state index in [1.807, 2.05) is 42.6 Å². The predicted octanol–water partition coefficient (Wildman–Crippen LogP) is 5.84. The number of halogens is 2. The molecule has 0 spiro atoms. The molecule has 22 heavy (non-hydrogen) atoms. The average Bonchev–Trinajstić information content (AvgIpc) is 3.08. The number of nitrogens with one attached hydrogen (secondary N) is 2. The van der Waals surface area contributed by atoms with Crippen LogP contribution in [0.2, 0.25) is 5.02 Å². The molecule has 0 amide bonds. The summed E-state index contributed by atoms with van der Waals surface area (Å²) >= 11 is 10.9. The fourth-order valence-electron chi connectivity index (χ4n) is 2.24. The highest BCUT2D eigenvalue weighted by Crippen LogP contribution is 2.33. The van der Waals surface area contributed by atoms with Crippen molar-refractivity contribution in [2.24, 2.45) is 0 Å². The Morgan fingerprint density at radius 3 is 2.95 bits per heavy atom. The lowest BCUT2D eigenvalue weighted by atomic mass is 10.2. The van der Waals surface area contributed by atoms with E-state index in [9.17, 15) is 0 Å². The molecule has 2 heterocycles. The lowest BCUT2D eigenvalue weighted by Gasteiger charge is -2.01. The molecular weight excluding hydrogens is 386 g/mol. The predicted molar refractivity (Wildman–Crippen MR) is 94.5 cm³/mol. The van der Waals surface area contributed by atoms with E-state index in [0.717, 1.165) is 31.2 Å². The summed E-state index contributed by atoms with van der Waals surface area (Å²) in [7, 11) is 0. The van der Waals surface area contributed by atoms with Crippen LogP contribution < -0.4 is 4.72 Å². The lowest BCUT2D eigenvalue weighted by Crippen LogP contribution is -1.86. The molecule has 0 unspecified atom stereocenters. The molecule has 0 aliphatic rings. The zero-order chi connectivity index (χ0) is 15.1. The Morgan fingerprint density at radius 2 is 2.05 bits per heavy atom. The van der Waals surface area contributed by atoms with Gasteiger partial charge in [0.2, 0.25) is 0 Å². The molecule has 0 bridgehead atoms. The fourth-order valence-corrected chi connectivity index (χ4v) is 3.52. The lowest BCUT2D eigenvalue weighted by molar-refractivity contribution is 0.460. The van der Waals surface area contributed by atoms with Crippen molar-refractivity contribution in [2.75, 3.05) is 4.72 Å². The standard InChI is InChI=1S/C15H9BrClN3OS/c16-8-1-3-11-13(5-8)21-19-15(11)20-22-14-7-18-12-6-9(17)2-4-10(12)14/h1-7,18H,(H,19,20). The molecule has 0 saturated heterocycles. The number of nitrogens with zero attached hydrogens (tertiary/aromatic N) is 1. The van der Waals surface area contributed by atoms with Crippen LogP contribution in [0.4, 0.5) is 5.82 Å². The third-order valence-electron chi connectivity index (χ3n) is 3.30. The van der Waals surface area contributed by atoms with E-state index in [1.165, 1.54) is 11.9 Å². The van der Waals surface area contributed by atoms with Crippen LogP contribution in [0.25, 0.3) is 21.9 Å². The minimum atomic E-state index is 0.704. The summed E-state index contributed by atoms with van der Waals surface area (Å²) in [6.45, 7) is 0. The van der Waals surface area contributed by atoms with Crippen molar-refractivity contribution in [3.8, 4) is 0 Å². The van der Waals surface area contributed by atoms with Gasteiger partial charge in [-0.15, -0.1) is 0 Å². The largest absolute Gasteiger partial charge is 0.360 e. The molecule has 2 aromatic carbocycles. The maximum absolute atomic E-state index is 6.00. The third-order valence-corrected chi connectivity index (χ3v) is 4.88. The second-order valence-electron chi connectivity index (χ2n) is 4.72. The number of anilines is 1. The number of aromatic nitrogens is 2. The molecule has 0 saturated carbocycles. The maximum Gasteiger partial charge on any atom is 0.187 e. The molecular formula is C15H9BrClN3OS. The molecule has 0 aliphatic carbocycles. The third kappa shape index (κ3) is 2.47. The van der Waals surface area contributed by atoms with Gasteiger partial charge in [-0.25, -0.2) is 0 Å². The Labute approximate surface area is 143 Å². The zero-order valence-corrected chi connectivity index (χ0v) is 14.2. The van der Waals surface area contributed by atoms with Gasteiger partial charge in [0, 0.05) is 26.6 Å². The molecule has 0 radical (unpaired) electrons. The van der Waals surface area contributed by atoms with E-state index in [-0.39, 0.29) is 0 Å². The maximum atomic E-state index is 6.00. The van der Waals surface area contributed by atoms with Crippen LogP contribution in [0.3, 0.4) is 0 Å². The number of hydrogen-bond donors (Lipinski definition) is 2. The van der Waals surface area contributed by atoms with Crippen molar-refractivity contribution in [3.63, 3.8) is 0 Å². The van der Waals surface area contributed by atoms with Crippen LogP contribution in [-0.4, -0.2) is 10.1 Å². The highest BCUT2D eigenvalue weighted by Gasteiger charge is 2.10. The van der Waals surface area contributed by atoms with Gasteiger partial charge in [0.15, 0.2) is 11.4 Å². The normalized spacial score (nSPS) is 11.4. The van der Waals surface area contributed by atoms with Gasteiger partial charge in [0.05, 0.1) is 10.3 Å². The van der Waals surface area contributed by atoms with Gasteiger partial charge in [-0.2, -0.15) is 0 Å². The van der Waals surface area contributed by atoms with E-state index >= 15 is 0 Å². The second kappa shape index (κ2) is 5.53. The topological polar surface area (TPSA) is 53.9 Å². The molecule has 7 heteroatoms. The van der Waals surface area contributed by atoms with Crippen molar-refractivity contribution >= 4 is 67.2 Å². The smallest absolute Gasteiger partial charge is 0.187 e. The number of fused-ring (bicyclic) bond motifs is 2. The number of H-pyrrole nitrogens is 1. The van der Waals surface area contributed by atoms with Crippen LogP contribution in [0.15, 0.2) is 56.5 Å². The van der Waals surface area contributed by atoms with Crippen molar-refractivity contribution in [2.45, 2.75) is 4.90 Å². The van der Waals surface area contributed by atoms with E-state index in [1.54, 1.807) is 0 Å². The first-order valence-corrected chi connectivity index (χ1v) is 8.44. The van der Waals surface area contributed by atoms with E-state index in [2.05, 4.69) is 30.8 Å².